The Morgan fingerprint density at radius 2 is 1.74 bits per heavy atom. The van der Waals surface area contributed by atoms with E-state index in [4.69, 9.17) is 4.74 Å². The fraction of sp³-hybridized carbons (Fsp3) is 0.235. The van der Waals surface area contributed by atoms with Crippen molar-refractivity contribution in [3.63, 3.8) is 0 Å². The summed E-state index contributed by atoms with van der Waals surface area (Å²) in [6.07, 6.45) is 1.17. The molecule has 0 spiro atoms. The molecule has 1 amide bonds. The number of hydrogen-bond acceptors (Lipinski definition) is 4. The zero-order valence-corrected chi connectivity index (χ0v) is 13.9. The molecule has 0 aromatic heterocycles. The van der Waals surface area contributed by atoms with E-state index in [0.29, 0.717) is 12.1 Å². The second kappa shape index (κ2) is 7.28. The van der Waals surface area contributed by atoms with Crippen molar-refractivity contribution in [2.45, 2.75) is 17.9 Å². The van der Waals surface area contributed by atoms with Crippen LogP contribution in [-0.2, 0) is 27.6 Å². The molecule has 1 N–H and O–H groups in total. The standard InChI is InChI=1S/C17H19NO4S/c1-22-15-9-7-13(8-10-15)12-18-17(19)11-14-5-3-4-6-16(14)23(2,20)21/h3-10H,11-12H2,1-2H3,(H,18,19). The van der Waals surface area contributed by atoms with E-state index in [1.54, 1.807) is 25.3 Å². The molecule has 0 atom stereocenters. The van der Waals surface area contributed by atoms with Crippen LogP contribution in [0.2, 0.25) is 0 Å². The first kappa shape index (κ1) is 17.0. The van der Waals surface area contributed by atoms with E-state index in [1.165, 1.54) is 6.07 Å². The maximum absolute atomic E-state index is 12.1. The molecule has 0 aliphatic rings. The summed E-state index contributed by atoms with van der Waals surface area (Å²) in [7, 11) is -1.75. The highest BCUT2D eigenvalue weighted by molar-refractivity contribution is 7.90. The molecule has 0 aliphatic carbocycles. The Labute approximate surface area is 136 Å². The molecule has 5 nitrogen and oxygen atoms in total. The van der Waals surface area contributed by atoms with E-state index < -0.39 is 9.84 Å². The molecule has 122 valence electrons. The number of hydrogen-bond donors (Lipinski definition) is 1. The van der Waals surface area contributed by atoms with E-state index >= 15 is 0 Å². The Morgan fingerprint density at radius 1 is 1.09 bits per heavy atom. The third-order valence-corrected chi connectivity index (χ3v) is 4.57. The van der Waals surface area contributed by atoms with Crippen molar-refractivity contribution in [1.82, 2.24) is 5.32 Å². The predicted molar refractivity (Wildman–Crippen MR) is 88.1 cm³/mol. The first-order valence-corrected chi connectivity index (χ1v) is 8.97. The summed E-state index contributed by atoms with van der Waals surface area (Å²) in [6.45, 7) is 0.379. The van der Waals surface area contributed by atoms with E-state index in [-0.39, 0.29) is 17.2 Å². The van der Waals surface area contributed by atoms with Gasteiger partial charge in [-0.25, -0.2) is 8.42 Å². The summed E-state index contributed by atoms with van der Waals surface area (Å²) in [6, 6.07) is 13.9. The van der Waals surface area contributed by atoms with Gasteiger partial charge in [-0.3, -0.25) is 4.79 Å². The first-order valence-electron chi connectivity index (χ1n) is 7.08. The molecule has 0 saturated carbocycles. The lowest BCUT2D eigenvalue weighted by atomic mass is 10.1. The lowest BCUT2D eigenvalue weighted by Gasteiger charge is -2.09. The minimum Gasteiger partial charge on any atom is -0.497 e. The van der Waals surface area contributed by atoms with Crippen LogP contribution in [0.5, 0.6) is 5.75 Å². The molecule has 0 radical (unpaired) electrons. The molecule has 2 rings (SSSR count). The molecule has 0 bridgehead atoms. The number of benzene rings is 2. The van der Waals surface area contributed by atoms with Crippen LogP contribution in [-0.4, -0.2) is 27.7 Å². The molecule has 0 heterocycles. The van der Waals surface area contributed by atoms with E-state index in [1.807, 2.05) is 24.3 Å². The normalized spacial score (nSPS) is 11.0. The molecule has 2 aromatic carbocycles. The largest absolute Gasteiger partial charge is 0.497 e. The Kier molecular flexibility index (Phi) is 5.39. The van der Waals surface area contributed by atoms with Crippen molar-refractivity contribution >= 4 is 15.7 Å². The molecular formula is C17H19NO4S. The minimum atomic E-state index is -3.35. The monoisotopic (exact) mass is 333 g/mol. The third kappa shape index (κ3) is 4.82. The van der Waals surface area contributed by atoms with Gasteiger partial charge in [-0.15, -0.1) is 0 Å². The van der Waals surface area contributed by atoms with E-state index in [0.717, 1.165) is 17.6 Å². The zero-order chi connectivity index (χ0) is 16.9. The van der Waals surface area contributed by atoms with Crippen LogP contribution in [0.3, 0.4) is 0 Å². The lowest BCUT2D eigenvalue weighted by molar-refractivity contribution is -0.120. The van der Waals surface area contributed by atoms with Crippen molar-refractivity contribution in [3.8, 4) is 5.75 Å². The summed E-state index contributed by atoms with van der Waals surface area (Å²) in [5.41, 5.74) is 1.44. The zero-order valence-electron chi connectivity index (χ0n) is 13.1. The topological polar surface area (TPSA) is 72.5 Å². The van der Waals surface area contributed by atoms with Gasteiger partial charge in [0.05, 0.1) is 18.4 Å². The van der Waals surface area contributed by atoms with Gasteiger partial charge in [0.1, 0.15) is 5.75 Å². The Balaban J connectivity index is 2.00. The van der Waals surface area contributed by atoms with Gasteiger partial charge in [0.25, 0.3) is 0 Å². The molecule has 0 unspecified atom stereocenters. The highest BCUT2D eigenvalue weighted by atomic mass is 32.2. The van der Waals surface area contributed by atoms with Crippen LogP contribution in [0.15, 0.2) is 53.4 Å². The van der Waals surface area contributed by atoms with Crippen molar-refractivity contribution in [1.29, 1.82) is 0 Å². The molecule has 0 aliphatic heterocycles. The SMILES string of the molecule is COc1ccc(CNC(=O)Cc2ccccc2S(C)(=O)=O)cc1. The van der Waals surface area contributed by atoms with Gasteiger partial charge in [-0.05, 0) is 29.3 Å². The van der Waals surface area contributed by atoms with Crippen LogP contribution in [0.1, 0.15) is 11.1 Å². The molecule has 0 fully saturated rings. The lowest BCUT2D eigenvalue weighted by Crippen LogP contribution is -2.25. The van der Waals surface area contributed by atoms with Gasteiger partial charge >= 0.3 is 0 Å². The smallest absolute Gasteiger partial charge is 0.224 e. The Morgan fingerprint density at radius 3 is 2.35 bits per heavy atom. The maximum atomic E-state index is 12.1. The number of rotatable bonds is 6. The van der Waals surface area contributed by atoms with Gasteiger partial charge in [0.2, 0.25) is 5.91 Å². The summed E-state index contributed by atoms with van der Waals surface area (Å²) < 4.78 is 28.5. The highest BCUT2D eigenvalue weighted by Crippen LogP contribution is 2.16. The van der Waals surface area contributed by atoms with Crippen LogP contribution >= 0.6 is 0 Å². The second-order valence-corrected chi connectivity index (χ2v) is 7.17. The summed E-state index contributed by atoms with van der Waals surface area (Å²) in [5.74, 6) is 0.527. The predicted octanol–water partition coefficient (Wildman–Crippen LogP) is 1.96. The van der Waals surface area contributed by atoms with E-state index in [9.17, 15) is 13.2 Å². The third-order valence-electron chi connectivity index (χ3n) is 3.37. The number of carbonyl (C=O) groups is 1. The number of methoxy groups -OCH3 is 1. The van der Waals surface area contributed by atoms with Crippen molar-refractivity contribution in [3.05, 3.63) is 59.7 Å². The number of carbonyl (C=O) groups excluding carboxylic acids is 1. The van der Waals surface area contributed by atoms with Crippen LogP contribution in [0.25, 0.3) is 0 Å². The van der Waals surface area contributed by atoms with Gasteiger partial charge in [-0.1, -0.05) is 30.3 Å². The number of sulfone groups is 1. The van der Waals surface area contributed by atoms with E-state index in [2.05, 4.69) is 5.32 Å². The number of ether oxygens (including phenoxy) is 1. The molecule has 23 heavy (non-hydrogen) atoms. The average Bonchev–Trinajstić information content (AvgIpc) is 2.53. The van der Waals surface area contributed by atoms with Gasteiger partial charge in [0.15, 0.2) is 9.84 Å². The van der Waals surface area contributed by atoms with Gasteiger partial charge in [0, 0.05) is 12.8 Å². The maximum Gasteiger partial charge on any atom is 0.224 e. The highest BCUT2D eigenvalue weighted by Gasteiger charge is 2.14. The Bertz CT molecular complexity index is 782. The molecule has 2 aromatic rings. The Hall–Kier alpha value is -2.34. The van der Waals surface area contributed by atoms with Gasteiger partial charge < -0.3 is 10.1 Å². The first-order chi connectivity index (χ1) is 10.9. The minimum absolute atomic E-state index is 0.0272. The van der Waals surface area contributed by atoms with Gasteiger partial charge in [-0.2, -0.15) is 0 Å². The average molecular weight is 333 g/mol. The summed E-state index contributed by atoms with van der Waals surface area (Å²) in [5, 5.41) is 2.79. The number of nitrogens with one attached hydrogen (secondary N) is 1. The molecule has 0 saturated heterocycles. The van der Waals surface area contributed by atoms with Crippen LogP contribution in [0.4, 0.5) is 0 Å². The quantitative estimate of drug-likeness (QED) is 0.877. The van der Waals surface area contributed by atoms with Crippen LogP contribution in [0, 0.1) is 0 Å². The molecule has 6 heteroatoms. The fourth-order valence-electron chi connectivity index (χ4n) is 2.19. The van der Waals surface area contributed by atoms with Crippen molar-refractivity contribution < 1.29 is 17.9 Å². The van der Waals surface area contributed by atoms with Crippen molar-refractivity contribution in [2.24, 2.45) is 0 Å². The second-order valence-electron chi connectivity index (χ2n) is 5.18. The van der Waals surface area contributed by atoms with Crippen LogP contribution < -0.4 is 10.1 Å². The summed E-state index contributed by atoms with van der Waals surface area (Å²) >= 11 is 0. The van der Waals surface area contributed by atoms with Crippen molar-refractivity contribution in [2.75, 3.05) is 13.4 Å². The fourth-order valence-corrected chi connectivity index (χ4v) is 3.13. The molecular weight excluding hydrogens is 314 g/mol. The summed E-state index contributed by atoms with van der Waals surface area (Å²) in [4.78, 5) is 12.3. The number of amides is 1.